The van der Waals surface area contributed by atoms with Crippen molar-refractivity contribution in [1.82, 2.24) is 0 Å². The fourth-order valence-corrected chi connectivity index (χ4v) is 2.23. The van der Waals surface area contributed by atoms with E-state index in [2.05, 4.69) is 21.2 Å². The molecule has 6 heteroatoms. The average molecular weight is 353 g/mol. The summed E-state index contributed by atoms with van der Waals surface area (Å²) in [5, 5.41) is 2.67. The molecule has 20 heavy (non-hydrogen) atoms. The zero-order valence-electron chi connectivity index (χ0n) is 10.2. The third-order valence-corrected chi connectivity index (χ3v) is 3.22. The van der Waals surface area contributed by atoms with E-state index in [1.165, 1.54) is 12.1 Å². The number of amides is 1. The molecule has 102 valence electrons. The van der Waals surface area contributed by atoms with E-state index in [9.17, 15) is 9.18 Å². The lowest BCUT2D eigenvalue weighted by atomic mass is 10.1. The molecular weight excluding hydrogens is 343 g/mol. The molecule has 1 amide bonds. The number of halogens is 2. The second-order valence-electron chi connectivity index (χ2n) is 4.06. The highest BCUT2D eigenvalue weighted by Crippen LogP contribution is 2.17. The summed E-state index contributed by atoms with van der Waals surface area (Å²) in [6.07, 6.45) is 0. The maximum absolute atomic E-state index is 13.3. The molecule has 3 nitrogen and oxygen atoms in total. The molecule has 2 rings (SSSR count). The van der Waals surface area contributed by atoms with E-state index in [0.717, 1.165) is 6.07 Å². The third kappa shape index (κ3) is 3.61. The maximum Gasteiger partial charge on any atom is 0.255 e. The first-order valence-electron chi connectivity index (χ1n) is 5.63. The van der Waals surface area contributed by atoms with Gasteiger partial charge in [-0.2, -0.15) is 0 Å². The Kier molecular flexibility index (Phi) is 4.46. The second kappa shape index (κ2) is 6.11. The summed E-state index contributed by atoms with van der Waals surface area (Å²) in [4.78, 5) is 12.3. The van der Waals surface area contributed by atoms with Crippen molar-refractivity contribution in [3.8, 4) is 0 Å². The molecule has 0 aliphatic heterocycles. The molecule has 0 radical (unpaired) electrons. The van der Waals surface area contributed by atoms with Crippen molar-refractivity contribution in [3.05, 3.63) is 63.9 Å². The SMILES string of the molecule is NC(=S)c1cccc(NC(=O)c2cc(F)cc(Br)c2)c1. The number of hydrogen-bond acceptors (Lipinski definition) is 2. The quantitative estimate of drug-likeness (QED) is 0.831. The Morgan fingerprint density at radius 3 is 2.60 bits per heavy atom. The molecule has 0 fully saturated rings. The standard InChI is InChI=1S/C14H10BrFN2OS/c15-10-4-9(5-11(16)7-10)14(19)18-12-3-1-2-8(6-12)13(17)20/h1-7H,(H2,17,20)(H,18,19). The van der Waals surface area contributed by atoms with E-state index in [4.69, 9.17) is 18.0 Å². The number of nitrogens with one attached hydrogen (secondary N) is 1. The molecule has 0 unspecified atom stereocenters. The van der Waals surface area contributed by atoms with Crippen LogP contribution in [0.15, 0.2) is 46.9 Å². The summed E-state index contributed by atoms with van der Waals surface area (Å²) in [5.41, 5.74) is 6.94. The van der Waals surface area contributed by atoms with Crippen LogP contribution in [-0.4, -0.2) is 10.9 Å². The first kappa shape index (κ1) is 14.6. The van der Waals surface area contributed by atoms with Crippen LogP contribution in [0.1, 0.15) is 15.9 Å². The highest BCUT2D eigenvalue weighted by molar-refractivity contribution is 9.10. The summed E-state index contributed by atoms with van der Waals surface area (Å²) in [6.45, 7) is 0. The van der Waals surface area contributed by atoms with Gasteiger partial charge in [0, 0.05) is 21.3 Å². The molecule has 2 aromatic rings. The second-order valence-corrected chi connectivity index (χ2v) is 5.41. The number of rotatable bonds is 3. The van der Waals surface area contributed by atoms with Crippen LogP contribution in [0.3, 0.4) is 0 Å². The van der Waals surface area contributed by atoms with Crippen molar-refractivity contribution in [2.24, 2.45) is 5.73 Å². The summed E-state index contributed by atoms with van der Waals surface area (Å²) in [6, 6.07) is 10.8. The lowest BCUT2D eigenvalue weighted by Crippen LogP contribution is -2.14. The molecule has 0 atom stereocenters. The van der Waals surface area contributed by atoms with E-state index in [1.807, 2.05) is 0 Å². The fourth-order valence-electron chi connectivity index (χ4n) is 1.64. The number of benzene rings is 2. The first-order chi connectivity index (χ1) is 9.45. The lowest BCUT2D eigenvalue weighted by molar-refractivity contribution is 0.102. The van der Waals surface area contributed by atoms with Gasteiger partial charge in [-0.25, -0.2) is 4.39 Å². The van der Waals surface area contributed by atoms with E-state index in [-0.39, 0.29) is 10.6 Å². The van der Waals surface area contributed by atoms with Crippen LogP contribution in [0.5, 0.6) is 0 Å². The Morgan fingerprint density at radius 1 is 1.20 bits per heavy atom. The summed E-state index contributed by atoms with van der Waals surface area (Å²) < 4.78 is 13.8. The van der Waals surface area contributed by atoms with Gasteiger partial charge in [-0.15, -0.1) is 0 Å². The predicted molar refractivity (Wildman–Crippen MR) is 84.4 cm³/mol. The topological polar surface area (TPSA) is 55.1 Å². The van der Waals surface area contributed by atoms with Gasteiger partial charge in [-0.3, -0.25) is 4.79 Å². The molecule has 0 bridgehead atoms. The predicted octanol–water partition coefficient (Wildman–Crippen LogP) is 3.47. The molecule has 0 aromatic heterocycles. The molecule has 0 aliphatic carbocycles. The van der Waals surface area contributed by atoms with Gasteiger partial charge < -0.3 is 11.1 Å². The van der Waals surface area contributed by atoms with Gasteiger partial charge in [0.15, 0.2) is 0 Å². The molecule has 2 aromatic carbocycles. The highest BCUT2D eigenvalue weighted by Gasteiger charge is 2.09. The number of carbonyl (C=O) groups excluding carboxylic acids is 1. The Bertz CT molecular complexity index is 670. The Balaban J connectivity index is 2.23. The molecule has 3 N–H and O–H groups in total. The number of hydrogen-bond donors (Lipinski definition) is 2. The van der Waals surface area contributed by atoms with Crippen molar-refractivity contribution in [1.29, 1.82) is 0 Å². The Labute approximate surface area is 129 Å². The minimum Gasteiger partial charge on any atom is -0.389 e. The van der Waals surface area contributed by atoms with E-state index < -0.39 is 11.7 Å². The number of anilines is 1. The van der Waals surface area contributed by atoms with Gasteiger partial charge >= 0.3 is 0 Å². The van der Waals surface area contributed by atoms with Gasteiger partial charge in [0.2, 0.25) is 0 Å². The lowest BCUT2D eigenvalue weighted by Gasteiger charge is -2.07. The average Bonchev–Trinajstić information content (AvgIpc) is 2.37. The molecular formula is C14H10BrFN2OS. The number of nitrogens with two attached hydrogens (primary N) is 1. The van der Waals surface area contributed by atoms with Crippen molar-refractivity contribution in [2.45, 2.75) is 0 Å². The van der Waals surface area contributed by atoms with E-state index in [1.54, 1.807) is 24.3 Å². The highest BCUT2D eigenvalue weighted by atomic mass is 79.9. The Hall–Kier alpha value is -1.79. The molecule has 0 heterocycles. The Morgan fingerprint density at radius 2 is 1.95 bits per heavy atom. The van der Waals surface area contributed by atoms with E-state index >= 15 is 0 Å². The van der Waals surface area contributed by atoms with Crippen LogP contribution in [0.4, 0.5) is 10.1 Å². The molecule has 0 aliphatic rings. The molecule has 0 spiro atoms. The van der Waals surface area contributed by atoms with E-state index in [0.29, 0.717) is 15.7 Å². The van der Waals surface area contributed by atoms with Gasteiger partial charge in [-0.05, 0) is 30.3 Å². The van der Waals surface area contributed by atoms with Crippen LogP contribution in [-0.2, 0) is 0 Å². The number of carbonyl (C=O) groups is 1. The van der Waals surface area contributed by atoms with Crippen LogP contribution in [0.2, 0.25) is 0 Å². The summed E-state index contributed by atoms with van der Waals surface area (Å²) in [5.74, 6) is -0.897. The summed E-state index contributed by atoms with van der Waals surface area (Å²) in [7, 11) is 0. The van der Waals surface area contributed by atoms with Gasteiger partial charge in [0.1, 0.15) is 10.8 Å². The smallest absolute Gasteiger partial charge is 0.255 e. The van der Waals surface area contributed by atoms with Crippen LogP contribution >= 0.6 is 28.1 Å². The van der Waals surface area contributed by atoms with Crippen LogP contribution < -0.4 is 11.1 Å². The van der Waals surface area contributed by atoms with Crippen molar-refractivity contribution in [2.75, 3.05) is 5.32 Å². The van der Waals surface area contributed by atoms with Gasteiger partial charge in [0.25, 0.3) is 5.91 Å². The van der Waals surface area contributed by atoms with Crippen molar-refractivity contribution >= 4 is 44.7 Å². The van der Waals surface area contributed by atoms with Crippen molar-refractivity contribution in [3.63, 3.8) is 0 Å². The molecule has 0 saturated heterocycles. The van der Waals surface area contributed by atoms with Crippen molar-refractivity contribution < 1.29 is 9.18 Å². The monoisotopic (exact) mass is 352 g/mol. The number of thiocarbonyl (C=S) groups is 1. The maximum atomic E-state index is 13.3. The normalized spacial score (nSPS) is 10.1. The minimum atomic E-state index is -0.485. The van der Waals surface area contributed by atoms with Gasteiger partial charge in [0.05, 0.1) is 0 Å². The zero-order chi connectivity index (χ0) is 14.7. The largest absolute Gasteiger partial charge is 0.389 e. The third-order valence-electron chi connectivity index (χ3n) is 2.53. The zero-order valence-corrected chi connectivity index (χ0v) is 12.6. The summed E-state index contributed by atoms with van der Waals surface area (Å²) >= 11 is 8.02. The van der Waals surface area contributed by atoms with Crippen LogP contribution in [0.25, 0.3) is 0 Å². The first-order valence-corrected chi connectivity index (χ1v) is 6.83. The minimum absolute atomic E-state index is 0.220. The van der Waals surface area contributed by atoms with Crippen LogP contribution in [0, 0.1) is 5.82 Å². The fraction of sp³-hybridized carbons (Fsp3) is 0. The molecule has 0 saturated carbocycles. The van der Waals surface area contributed by atoms with Gasteiger partial charge in [-0.1, -0.05) is 40.3 Å².